The Kier molecular flexibility index (Phi) is 6.18. The number of hydrogen-bond acceptors (Lipinski definition) is 3. The summed E-state index contributed by atoms with van der Waals surface area (Å²) in [6, 6.07) is 4.16. The van der Waals surface area contributed by atoms with E-state index < -0.39 is 6.04 Å². The molecule has 3 N–H and O–H groups in total. The molecule has 1 atom stereocenters. The normalized spacial score (nSPS) is 12.1. The van der Waals surface area contributed by atoms with Gasteiger partial charge in [0, 0.05) is 19.7 Å². The van der Waals surface area contributed by atoms with Crippen LogP contribution in [0.25, 0.3) is 0 Å². The van der Waals surface area contributed by atoms with Crippen molar-refractivity contribution < 1.29 is 9.59 Å². The van der Waals surface area contributed by atoms with Crippen LogP contribution < -0.4 is 11.1 Å². The number of nitrogens with two attached hydrogens (primary N) is 1. The average Bonchev–Trinajstić information content (AvgIpc) is 2.39. The van der Waals surface area contributed by atoms with E-state index in [1.54, 1.807) is 32.3 Å². The van der Waals surface area contributed by atoms with Gasteiger partial charge in [-0.15, -0.1) is 0 Å². The maximum Gasteiger partial charge on any atom is 0.253 e. The Morgan fingerprint density at radius 1 is 1.33 bits per heavy atom. The molecule has 0 heterocycles. The van der Waals surface area contributed by atoms with E-state index >= 15 is 0 Å². The van der Waals surface area contributed by atoms with E-state index in [9.17, 15) is 9.59 Å². The van der Waals surface area contributed by atoms with Gasteiger partial charge in [0.15, 0.2) is 0 Å². The van der Waals surface area contributed by atoms with Crippen LogP contribution in [0.3, 0.4) is 0 Å². The van der Waals surface area contributed by atoms with Crippen molar-refractivity contribution in [3.8, 4) is 0 Å². The van der Waals surface area contributed by atoms with Gasteiger partial charge in [-0.25, -0.2) is 0 Å². The molecule has 0 bridgehead atoms. The monoisotopic (exact) mass is 311 g/mol. The van der Waals surface area contributed by atoms with Crippen LogP contribution in [0.5, 0.6) is 0 Å². The molecule has 1 aromatic carbocycles. The smallest absolute Gasteiger partial charge is 0.253 e. The summed E-state index contributed by atoms with van der Waals surface area (Å²) in [5.74, 6) is -0.142. The first-order valence-corrected chi connectivity index (χ1v) is 7.17. The molecule has 2 amide bonds. The van der Waals surface area contributed by atoms with Crippen molar-refractivity contribution in [3.05, 3.63) is 28.8 Å². The Hall–Kier alpha value is -1.59. The highest BCUT2D eigenvalue weighted by atomic mass is 35.5. The molecular formula is C15H22ClN3O2. The summed E-state index contributed by atoms with van der Waals surface area (Å²) in [7, 11) is 3.32. The van der Waals surface area contributed by atoms with E-state index in [0.29, 0.717) is 28.6 Å². The summed E-state index contributed by atoms with van der Waals surface area (Å²) in [4.78, 5) is 25.4. The van der Waals surface area contributed by atoms with Gasteiger partial charge in [0.1, 0.15) is 0 Å². The molecule has 1 rings (SSSR count). The maximum atomic E-state index is 12.0. The molecule has 116 valence electrons. The van der Waals surface area contributed by atoms with Gasteiger partial charge in [-0.2, -0.15) is 0 Å². The van der Waals surface area contributed by atoms with E-state index in [2.05, 4.69) is 5.32 Å². The van der Waals surface area contributed by atoms with Gasteiger partial charge >= 0.3 is 0 Å². The minimum Gasteiger partial charge on any atom is -0.345 e. The fraction of sp³-hybridized carbons (Fsp3) is 0.467. The fourth-order valence-electron chi connectivity index (χ4n) is 1.85. The SMILES string of the molecule is CC(C)CC(N)C(=O)Nc1cc(C(=O)N(C)C)ccc1Cl. The zero-order valence-electron chi connectivity index (χ0n) is 12.8. The number of benzene rings is 1. The molecule has 0 aliphatic rings. The van der Waals surface area contributed by atoms with Gasteiger partial charge in [0.05, 0.1) is 16.8 Å². The maximum absolute atomic E-state index is 12.0. The van der Waals surface area contributed by atoms with Crippen LogP contribution in [0.15, 0.2) is 18.2 Å². The highest BCUT2D eigenvalue weighted by molar-refractivity contribution is 6.34. The van der Waals surface area contributed by atoms with E-state index in [1.807, 2.05) is 13.8 Å². The van der Waals surface area contributed by atoms with E-state index in [-0.39, 0.29) is 11.8 Å². The first kappa shape index (κ1) is 17.5. The zero-order chi connectivity index (χ0) is 16.2. The third kappa shape index (κ3) is 5.02. The third-order valence-electron chi connectivity index (χ3n) is 2.94. The Balaban J connectivity index is 2.90. The highest BCUT2D eigenvalue weighted by Crippen LogP contribution is 2.24. The summed E-state index contributed by atoms with van der Waals surface area (Å²) in [6.45, 7) is 3.99. The van der Waals surface area contributed by atoms with Crippen molar-refractivity contribution in [1.29, 1.82) is 0 Å². The third-order valence-corrected chi connectivity index (χ3v) is 3.27. The van der Waals surface area contributed by atoms with Crippen molar-refractivity contribution >= 4 is 29.1 Å². The molecule has 0 saturated carbocycles. The van der Waals surface area contributed by atoms with Crippen LogP contribution in [0, 0.1) is 5.92 Å². The lowest BCUT2D eigenvalue weighted by atomic mass is 10.0. The second-order valence-corrected chi connectivity index (χ2v) is 6.03. The predicted molar refractivity (Wildman–Crippen MR) is 85.5 cm³/mol. The highest BCUT2D eigenvalue weighted by Gasteiger charge is 2.17. The van der Waals surface area contributed by atoms with Crippen molar-refractivity contribution in [2.75, 3.05) is 19.4 Å². The van der Waals surface area contributed by atoms with Crippen LogP contribution in [0.2, 0.25) is 5.02 Å². The number of anilines is 1. The molecule has 6 heteroatoms. The van der Waals surface area contributed by atoms with Crippen LogP contribution in [-0.4, -0.2) is 36.9 Å². The number of hydrogen-bond donors (Lipinski definition) is 2. The van der Waals surface area contributed by atoms with Crippen molar-refractivity contribution in [2.24, 2.45) is 11.7 Å². The second kappa shape index (κ2) is 7.43. The van der Waals surface area contributed by atoms with Crippen LogP contribution in [0.4, 0.5) is 5.69 Å². The summed E-state index contributed by atoms with van der Waals surface area (Å²) in [5.41, 5.74) is 6.68. The van der Waals surface area contributed by atoms with Crippen LogP contribution in [-0.2, 0) is 4.79 Å². The molecule has 0 aromatic heterocycles. The average molecular weight is 312 g/mol. The van der Waals surface area contributed by atoms with Crippen LogP contribution in [0.1, 0.15) is 30.6 Å². The van der Waals surface area contributed by atoms with Gasteiger partial charge in [-0.3, -0.25) is 9.59 Å². The lowest BCUT2D eigenvalue weighted by molar-refractivity contribution is -0.117. The topological polar surface area (TPSA) is 75.4 Å². The molecule has 5 nitrogen and oxygen atoms in total. The second-order valence-electron chi connectivity index (χ2n) is 5.62. The van der Waals surface area contributed by atoms with E-state index in [0.717, 1.165) is 0 Å². The number of nitrogens with one attached hydrogen (secondary N) is 1. The number of nitrogens with zero attached hydrogens (tertiary/aromatic N) is 1. The quantitative estimate of drug-likeness (QED) is 0.876. The Morgan fingerprint density at radius 3 is 2.48 bits per heavy atom. The van der Waals surface area contributed by atoms with Crippen molar-refractivity contribution in [3.63, 3.8) is 0 Å². The van der Waals surface area contributed by atoms with Gasteiger partial charge in [0.25, 0.3) is 5.91 Å². The van der Waals surface area contributed by atoms with Gasteiger partial charge in [-0.05, 0) is 30.5 Å². The summed E-state index contributed by atoms with van der Waals surface area (Å²) < 4.78 is 0. The largest absolute Gasteiger partial charge is 0.345 e. The number of halogens is 1. The van der Waals surface area contributed by atoms with E-state index in [1.165, 1.54) is 4.90 Å². The first-order valence-electron chi connectivity index (χ1n) is 6.80. The van der Waals surface area contributed by atoms with Gasteiger partial charge < -0.3 is 16.0 Å². The Bertz CT molecular complexity index is 530. The fourth-order valence-corrected chi connectivity index (χ4v) is 2.02. The number of carbonyl (C=O) groups is 2. The molecule has 1 aromatic rings. The standard InChI is InChI=1S/C15H22ClN3O2/c1-9(2)7-12(17)14(20)18-13-8-10(5-6-11(13)16)15(21)19(3)4/h5-6,8-9,12H,7,17H2,1-4H3,(H,18,20). The zero-order valence-corrected chi connectivity index (χ0v) is 13.6. The van der Waals surface area contributed by atoms with E-state index in [4.69, 9.17) is 17.3 Å². The Morgan fingerprint density at radius 2 is 1.95 bits per heavy atom. The number of amides is 2. The van der Waals surface area contributed by atoms with Gasteiger partial charge in [0.2, 0.25) is 5.91 Å². The molecule has 0 saturated heterocycles. The molecule has 0 spiro atoms. The lowest BCUT2D eigenvalue weighted by Gasteiger charge is -2.16. The summed E-state index contributed by atoms with van der Waals surface area (Å²) in [6.07, 6.45) is 0.583. The predicted octanol–water partition coefficient (Wildman–Crippen LogP) is 2.35. The van der Waals surface area contributed by atoms with Crippen molar-refractivity contribution in [1.82, 2.24) is 4.90 Å². The Labute approximate surface area is 130 Å². The molecule has 0 aliphatic carbocycles. The molecule has 0 fully saturated rings. The summed E-state index contributed by atoms with van der Waals surface area (Å²) in [5, 5.41) is 3.05. The molecule has 0 radical (unpaired) electrons. The molecular weight excluding hydrogens is 290 g/mol. The van der Waals surface area contributed by atoms with Gasteiger partial charge in [-0.1, -0.05) is 25.4 Å². The minimum absolute atomic E-state index is 0.159. The summed E-state index contributed by atoms with van der Waals surface area (Å²) >= 11 is 6.05. The molecule has 0 aliphatic heterocycles. The number of rotatable bonds is 5. The molecule has 1 unspecified atom stereocenters. The van der Waals surface area contributed by atoms with Crippen molar-refractivity contribution in [2.45, 2.75) is 26.3 Å². The first-order chi connectivity index (χ1) is 9.72. The van der Waals surface area contributed by atoms with Crippen LogP contribution >= 0.6 is 11.6 Å². The number of carbonyl (C=O) groups excluding carboxylic acids is 2. The molecule has 21 heavy (non-hydrogen) atoms. The minimum atomic E-state index is -0.603. The lowest BCUT2D eigenvalue weighted by Crippen LogP contribution is -2.36.